The molecule has 0 saturated carbocycles. The van der Waals surface area contributed by atoms with E-state index in [1.165, 1.54) is 7.11 Å². The average Bonchev–Trinajstić information content (AvgIpc) is 2.28. The number of rotatable bonds is 7. The Labute approximate surface area is 115 Å². The highest BCUT2D eigenvalue weighted by molar-refractivity contribution is 9.10. The molecule has 1 aromatic rings. The predicted octanol–water partition coefficient (Wildman–Crippen LogP) is 2.08. The number of halogens is 1. The minimum Gasteiger partial charge on any atom is -0.385 e. The quantitative estimate of drug-likeness (QED) is 0.565. The molecule has 4 nitrogen and oxygen atoms in total. The molecule has 100 valence electrons. The molecular formula is C12H15BrO4S. The van der Waals surface area contributed by atoms with Crippen molar-refractivity contribution in [3.63, 3.8) is 0 Å². The number of ether oxygens (including phenoxy) is 1. The first kappa shape index (κ1) is 15.3. The summed E-state index contributed by atoms with van der Waals surface area (Å²) < 4.78 is 28.9. The van der Waals surface area contributed by atoms with Gasteiger partial charge in [-0.15, -0.1) is 0 Å². The molecule has 0 atom stereocenters. The summed E-state index contributed by atoms with van der Waals surface area (Å²) in [6, 6.07) is 6.71. The van der Waals surface area contributed by atoms with Crippen LogP contribution in [0.3, 0.4) is 0 Å². The average molecular weight is 335 g/mol. The number of methoxy groups -OCH3 is 1. The second-order valence-electron chi connectivity index (χ2n) is 3.87. The Hall–Kier alpha value is -0.720. The van der Waals surface area contributed by atoms with Gasteiger partial charge in [-0.1, -0.05) is 28.1 Å². The van der Waals surface area contributed by atoms with Crippen LogP contribution in [0, 0.1) is 0 Å². The maximum atomic E-state index is 11.8. The molecule has 0 aliphatic heterocycles. The molecule has 0 N–H and O–H groups in total. The Kier molecular flexibility index (Phi) is 5.98. The van der Waals surface area contributed by atoms with Crippen molar-refractivity contribution in [3.8, 4) is 0 Å². The Morgan fingerprint density at radius 1 is 1.39 bits per heavy atom. The standard InChI is InChI=1S/C12H15BrO4S/c1-17-6-3-7-18(15,16)9-12(14)10-4-2-5-11(13)8-10/h2,4-5,8H,3,6-7,9H2,1H3. The first-order valence-electron chi connectivity index (χ1n) is 5.43. The second kappa shape index (κ2) is 7.01. The zero-order valence-corrected chi connectivity index (χ0v) is 12.5. The van der Waals surface area contributed by atoms with Crippen molar-refractivity contribution in [1.82, 2.24) is 0 Å². The molecular weight excluding hydrogens is 320 g/mol. The molecule has 0 unspecified atom stereocenters. The second-order valence-corrected chi connectivity index (χ2v) is 6.97. The van der Waals surface area contributed by atoms with Crippen molar-refractivity contribution in [3.05, 3.63) is 34.3 Å². The van der Waals surface area contributed by atoms with Gasteiger partial charge in [0.1, 0.15) is 5.75 Å². The Morgan fingerprint density at radius 3 is 2.72 bits per heavy atom. The molecule has 0 bridgehead atoms. The molecule has 0 spiro atoms. The molecule has 0 aliphatic rings. The first-order chi connectivity index (χ1) is 8.44. The van der Waals surface area contributed by atoms with E-state index >= 15 is 0 Å². The highest BCUT2D eigenvalue weighted by Crippen LogP contribution is 2.13. The van der Waals surface area contributed by atoms with Crippen molar-refractivity contribution in [2.75, 3.05) is 25.2 Å². The number of ketones is 1. The van der Waals surface area contributed by atoms with Crippen LogP contribution in [0.15, 0.2) is 28.7 Å². The number of benzene rings is 1. The third-order valence-corrected chi connectivity index (χ3v) is 4.41. The molecule has 0 fully saturated rings. The minimum atomic E-state index is -3.36. The van der Waals surface area contributed by atoms with Gasteiger partial charge >= 0.3 is 0 Å². The molecule has 0 aromatic heterocycles. The number of carbonyl (C=O) groups is 1. The smallest absolute Gasteiger partial charge is 0.177 e. The lowest BCUT2D eigenvalue weighted by Crippen LogP contribution is -2.19. The Balaban J connectivity index is 2.64. The van der Waals surface area contributed by atoms with Crippen molar-refractivity contribution < 1.29 is 17.9 Å². The fourth-order valence-electron chi connectivity index (χ4n) is 1.44. The fourth-order valence-corrected chi connectivity index (χ4v) is 3.11. The van der Waals surface area contributed by atoms with E-state index in [9.17, 15) is 13.2 Å². The number of Topliss-reactive ketones (excluding diaryl/α,β-unsaturated/α-hetero) is 1. The van der Waals surface area contributed by atoms with Gasteiger partial charge in [0.05, 0.1) is 5.75 Å². The monoisotopic (exact) mass is 334 g/mol. The summed E-state index contributed by atoms with van der Waals surface area (Å²) in [5, 5.41) is 0. The third kappa shape index (κ3) is 5.29. The topological polar surface area (TPSA) is 60.4 Å². The van der Waals surface area contributed by atoms with E-state index in [0.29, 0.717) is 18.6 Å². The number of hydrogen-bond acceptors (Lipinski definition) is 4. The van der Waals surface area contributed by atoms with Crippen LogP contribution in [0.4, 0.5) is 0 Å². The van der Waals surface area contributed by atoms with Crippen molar-refractivity contribution >= 4 is 31.6 Å². The summed E-state index contributed by atoms with van der Waals surface area (Å²) in [5.41, 5.74) is 0.402. The summed E-state index contributed by atoms with van der Waals surface area (Å²) in [6.45, 7) is 0.379. The van der Waals surface area contributed by atoms with Crippen LogP contribution in [-0.2, 0) is 14.6 Å². The van der Waals surface area contributed by atoms with Crippen LogP contribution in [0.2, 0.25) is 0 Å². The first-order valence-corrected chi connectivity index (χ1v) is 8.04. The van der Waals surface area contributed by atoms with Gasteiger partial charge in [0.25, 0.3) is 0 Å². The molecule has 6 heteroatoms. The lowest BCUT2D eigenvalue weighted by Gasteiger charge is -2.04. The van der Waals surface area contributed by atoms with Crippen LogP contribution in [0.1, 0.15) is 16.8 Å². The summed E-state index contributed by atoms with van der Waals surface area (Å²) in [5.74, 6) is -0.859. The number of sulfone groups is 1. The highest BCUT2D eigenvalue weighted by Gasteiger charge is 2.17. The summed E-state index contributed by atoms with van der Waals surface area (Å²) in [7, 11) is -1.85. The maximum Gasteiger partial charge on any atom is 0.177 e. The minimum absolute atomic E-state index is 0.0272. The molecule has 1 rings (SSSR count). The predicted molar refractivity (Wildman–Crippen MR) is 73.6 cm³/mol. The fraction of sp³-hybridized carbons (Fsp3) is 0.417. The van der Waals surface area contributed by atoms with Gasteiger partial charge in [0.15, 0.2) is 15.6 Å². The van der Waals surface area contributed by atoms with E-state index in [0.717, 1.165) is 4.47 Å². The van der Waals surface area contributed by atoms with E-state index in [1.807, 2.05) is 0 Å². The van der Waals surface area contributed by atoms with Crippen molar-refractivity contribution in [2.45, 2.75) is 6.42 Å². The molecule has 0 saturated heterocycles. The Morgan fingerprint density at radius 2 is 2.11 bits per heavy atom. The lowest BCUT2D eigenvalue weighted by atomic mass is 10.2. The van der Waals surface area contributed by atoms with Crippen LogP contribution >= 0.6 is 15.9 Å². The summed E-state index contributed by atoms with van der Waals surface area (Å²) in [4.78, 5) is 11.8. The molecule has 18 heavy (non-hydrogen) atoms. The van der Waals surface area contributed by atoms with Gasteiger partial charge in [0, 0.05) is 23.8 Å². The van der Waals surface area contributed by atoms with E-state index in [2.05, 4.69) is 15.9 Å². The molecule has 0 radical (unpaired) electrons. The van der Waals surface area contributed by atoms with Gasteiger partial charge in [-0.25, -0.2) is 8.42 Å². The van der Waals surface area contributed by atoms with Gasteiger partial charge in [-0.05, 0) is 18.6 Å². The SMILES string of the molecule is COCCCS(=O)(=O)CC(=O)c1cccc(Br)c1. The van der Waals surface area contributed by atoms with E-state index in [1.54, 1.807) is 24.3 Å². The zero-order valence-electron chi connectivity index (χ0n) is 10.1. The van der Waals surface area contributed by atoms with Crippen LogP contribution in [0.5, 0.6) is 0 Å². The molecule has 0 aliphatic carbocycles. The van der Waals surface area contributed by atoms with E-state index < -0.39 is 15.6 Å². The zero-order chi connectivity index (χ0) is 13.6. The van der Waals surface area contributed by atoms with Crippen molar-refractivity contribution in [1.29, 1.82) is 0 Å². The lowest BCUT2D eigenvalue weighted by molar-refractivity contribution is 0.102. The van der Waals surface area contributed by atoms with Crippen LogP contribution in [0.25, 0.3) is 0 Å². The van der Waals surface area contributed by atoms with Crippen LogP contribution in [-0.4, -0.2) is 39.4 Å². The normalized spacial score (nSPS) is 11.4. The maximum absolute atomic E-state index is 11.8. The largest absolute Gasteiger partial charge is 0.385 e. The van der Waals surface area contributed by atoms with Crippen LogP contribution < -0.4 is 0 Å². The summed E-state index contributed by atoms with van der Waals surface area (Å²) in [6.07, 6.45) is 0.407. The molecule has 0 amide bonds. The summed E-state index contributed by atoms with van der Waals surface area (Å²) >= 11 is 3.24. The van der Waals surface area contributed by atoms with Gasteiger partial charge in [-0.2, -0.15) is 0 Å². The third-order valence-electron chi connectivity index (χ3n) is 2.30. The number of hydrogen-bond donors (Lipinski definition) is 0. The van der Waals surface area contributed by atoms with Crippen molar-refractivity contribution in [2.24, 2.45) is 0 Å². The van der Waals surface area contributed by atoms with Gasteiger partial charge in [-0.3, -0.25) is 4.79 Å². The van der Waals surface area contributed by atoms with E-state index in [4.69, 9.17) is 4.74 Å². The van der Waals surface area contributed by atoms with Gasteiger partial charge in [0.2, 0.25) is 0 Å². The van der Waals surface area contributed by atoms with E-state index in [-0.39, 0.29) is 11.5 Å². The molecule has 0 heterocycles. The van der Waals surface area contributed by atoms with Gasteiger partial charge < -0.3 is 4.74 Å². The highest BCUT2D eigenvalue weighted by atomic mass is 79.9. The Bertz CT molecular complexity index is 511. The number of carbonyl (C=O) groups excluding carboxylic acids is 1. The molecule has 1 aromatic carbocycles.